The molecule has 0 aromatic heterocycles. The summed E-state index contributed by atoms with van der Waals surface area (Å²) >= 11 is 1.76. The summed E-state index contributed by atoms with van der Waals surface area (Å²) in [6.45, 7) is 4.59. The molecule has 2 saturated heterocycles. The molecule has 2 N–H and O–H groups in total. The molecule has 0 radical (unpaired) electrons. The molecule has 4 nitrogen and oxygen atoms in total. The molecule has 21 heavy (non-hydrogen) atoms. The van der Waals surface area contributed by atoms with Crippen molar-refractivity contribution >= 4 is 29.0 Å². The Morgan fingerprint density at radius 3 is 2.62 bits per heavy atom. The summed E-state index contributed by atoms with van der Waals surface area (Å²) in [5, 5.41) is 6.17. The zero-order valence-corrected chi connectivity index (χ0v) is 13.3. The number of benzene rings is 1. The zero-order valence-electron chi connectivity index (χ0n) is 12.5. The van der Waals surface area contributed by atoms with Crippen LogP contribution in [-0.4, -0.2) is 36.7 Å². The zero-order chi connectivity index (χ0) is 14.7. The Kier molecular flexibility index (Phi) is 4.70. The van der Waals surface area contributed by atoms with Crippen molar-refractivity contribution < 1.29 is 4.79 Å². The van der Waals surface area contributed by atoms with E-state index in [-0.39, 0.29) is 11.9 Å². The highest BCUT2D eigenvalue weighted by molar-refractivity contribution is 7.99. The standard InChI is InChI=1S/C16H23N3OS/c1-12-6-8-19(9-7-12)14-4-2-13(3-5-14)18-16(20)15-10-21-11-17-15/h2-5,12,15,17H,6-11H2,1H3,(H,18,20). The third-order valence-corrected chi connectivity index (χ3v) is 5.26. The van der Waals surface area contributed by atoms with Crippen LogP contribution in [0.1, 0.15) is 19.8 Å². The molecule has 0 saturated carbocycles. The maximum atomic E-state index is 12.0. The van der Waals surface area contributed by atoms with Crippen molar-refractivity contribution in [2.45, 2.75) is 25.8 Å². The van der Waals surface area contributed by atoms with E-state index >= 15 is 0 Å². The number of anilines is 2. The molecule has 2 aliphatic rings. The second-order valence-corrected chi connectivity index (χ2v) is 7.01. The minimum Gasteiger partial charge on any atom is -0.372 e. The maximum absolute atomic E-state index is 12.0. The second kappa shape index (κ2) is 6.71. The molecule has 0 aliphatic carbocycles. The molecule has 2 heterocycles. The number of hydrogen-bond acceptors (Lipinski definition) is 4. The summed E-state index contributed by atoms with van der Waals surface area (Å²) in [6.07, 6.45) is 2.53. The minimum atomic E-state index is -0.0572. The largest absolute Gasteiger partial charge is 0.372 e. The predicted octanol–water partition coefficient (Wildman–Crippen LogP) is 2.52. The molecular weight excluding hydrogens is 282 g/mol. The van der Waals surface area contributed by atoms with E-state index < -0.39 is 0 Å². The summed E-state index contributed by atoms with van der Waals surface area (Å²) in [4.78, 5) is 14.5. The summed E-state index contributed by atoms with van der Waals surface area (Å²) < 4.78 is 0. The molecule has 3 rings (SSSR count). The van der Waals surface area contributed by atoms with Crippen LogP contribution < -0.4 is 15.5 Å². The van der Waals surface area contributed by atoms with Gasteiger partial charge in [-0.3, -0.25) is 10.1 Å². The van der Waals surface area contributed by atoms with Gasteiger partial charge in [0.05, 0.1) is 6.04 Å². The van der Waals surface area contributed by atoms with Gasteiger partial charge in [-0.2, -0.15) is 0 Å². The fraction of sp³-hybridized carbons (Fsp3) is 0.562. The van der Waals surface area contributed by atoms with E-state index in [0.717, 1.165) is 36.3 Å². The average Bonchev–Trinajstić information content (AvgIpc) is 3.03. The lowest BCUT2D eigenvalue weighted by atomic mass is 9.99. The Labute approximate surface area is 130 Å². The van der Waals surface area contributed by atoms with E-state index in [1.807, 2.05) is 12.1 Å². The second-order valence-electron chi connectivity index (χ2n) is 5.98. The number of piperidine rings is 1. The first-order valence-corrected chi connectivity index (χ1v) is 8.85. The number of nitrogens with one attached hydrogen (secondary N) is 2. The van der Waals surface area contributed by atoms with E-state index in [1.54, 1.807) is 11.8 Å². The van der Waals surface area contributed by atoms with Gasteiger partial charge in [-0.1, -0.05) is 6.92 Å². The Morgan fingerprint density at radius 1 is 1.29 bits per heavy atom. The maximum Gasteiger partial charge on any atom is 0.242 e. The third kappa shape index (κ3) is 3.71. The Bertz CT molecular complexity index is 477. The minimum absolute atomic E-state index is 0.0572. The van der Waals surface area contributed by atoms with Crippen LogP contribution in [0.15, 0.2) is 24.3 Å². The molecule has 2 aliphatic heterocycles. The van der Waals surface area contributed by atoms with Crippen LogP contribution in [0.4, 0.5) is 11.4 Å². The summed E-state index contributed by atoms with van der Waals surface area (Å²) in [6, 6.07) is 8.18. The Morgan fingerprint density at radius 2 is 2.00 bits per heavy atom. The third-order valence-electron chi connectivity index (χ3n) is 4.32. The fourth-order valence-electron chi connectivity index (χ4n) is 2.82. The van der Waals surface area contributed by atoms with E-state index in [1.165, 1.54) is 18.5 Å². The van der Waals surface area contributed by atoms with Crippen molar-refractivity contribution in [2.75, 3.05) is 34.9 Å². The van der Waals surface area contributed by atoms with Gasteiger partial charge in [0.25, 0.3) is 0 Å². The fourth-order valence-corrected chi connectivity index (χ4v) is 3.76. The molecule has 1 unspecified atom stereocenters. The van der Waals surface area contributed by atoms with Crippen LogP contribution in [-0.2, 0) is 4.79 Å². The first-order valence-electron chi connectivity index (χ1n) is 7.69. The highest BCUT2D eigenvalue weighted by Crippen LogP contribution is 2.24. The van der Waals surface area contributed by atoms with Gasteiger partial charge < -0.3 is 10.2 Å². The number of carbonyl (C=O) groups excluding carboxylic acids is 1. The number of carbonyl (C=O) groups is 1. The molecule has 2 fully saturated rings. The van der Waals surface area contributed by atoms with E-state index in [0.29, 0.717) is 0 Å². The van der Waals surface area contributed by atoms with Crippen LogP contribution in [0.25, 0.3) is 0 Å². The lowest BCUT2D eigenvalue weighted by Crippen LogP contribution is -2.37. The summed E-state index contributed by atoms with van der Waals surface area (Å²) in [5.41, 5.74) is 2.14. The summed E-state index contributed by atoms with van der Waals surface area (Å²) in [7, 11) is 0. The summed E-state index contributed by atoms with van der Waals surface area (Å²) in [5.74, 6) is 2.64. The van der Waals surface area contributed by atoms with Crippen molar-refractivity contribution in [3.8, 4) is 0 Å². The molecular formula is C16H23N3OS. The normalized spacial score (nSPS) is 23.3. The molecule has 0 spiro atoms. The Hall–Kier alpha value is -1.20. The van der Waals surface area contributed by atoms with E-state index in [9.17, 15) is 4.79 Å². The van der Waals surface area contributed by atoms with Gasteiger partial charge in [-0.15, -0.1) is 11.8 Å². The van der Waals surface area contributed by atoms with Crippen LogP contribution in [0.3, 0.4) is 0 Å². The Balaban J connectivity index is 1.57. The highest BCUT2D eigenvalue weighted by atomic mass is 32.2. The first-order chi connectivity index (χ1) is 10.2. The van der Waals surface area contributed by atoms with E-state index in [4.69, 9.17) is 0 Å². The van der Waals surface area contributed by atoms with Crippen molar-refractivity contribution in [3.05, 3.63) is 24.3 Å². The number of hydrogen-bond donors (Lipinski definition) is 2. The van der Waals surface area contributed by atoms with Crippen LogP contribution >= 0.6 is 11.8 Å². The van der Waals surface area contributed by atoms with Crippen LogP contribution in [0.2, 0.25) is 0 Å². The lowest BCUT2D eigenvalue weighted by molar-refractivity contribution is -0.117. The lowest BCUT2D eigenvalue weighted by Gasteiger charge is -2.32. The van der Waals surface area contributed by atoms with Gasteiger partial charge in [0.2, 0.25) is 5.91 Å². The first kappa shape index (κ1) is 14.7. The number of nitrogens with zero attached hydrogens (tertiary/aromatic N) is 1. The molecule has 0 bridgehead atoms. The molecule has 1 atom stereocenters. The molecule has 1 amide bonds. The van der Waals surface area contributed by atoms with Gasteiger partial charge in [-0.05, 0) is 43.0 Å². The molecule has 5 heteroatoms. The molecule has 114 valence electrons. The monoisotopic (exact) mass is 305 g/mol. The number of thioether (sulfide) groups is 1. The predicted molar refractivity (Wildman–Crippen MR) is 89.9 cm³/mol. The molecule has 1 aromatic rings. The van der Waals surface area contributed by atoms with Crippen molar-refractivity contribution in [3.63, 3.8) is 0 Å². The quantitative estimate of drug-likeness (QED) is 0.901. The number of rotatable bonds is 3. The average molecular weight is 305 g/mol. The van der Waals surface area contributed by atoms with Gasteiger partial charge in [-0.25, -0.2) is 0 Å². The van der Waals surface area contributed by atoms with E-state index in [2.05, 4.69) is 34.6 Å². The van der Waals surface area contributed by atoms with Gasteiger partial charge in [0, 0.05) is 36.1 Å². The van der Waals surface area contributed by atoms with Gasteiger partial charge >= 0.3 is 0 Å². The van der Waals surface area contributed by atoms with Gasteiger partial charge in [0.15, 0.2) is 0 Å². The van der Waals surface area contributed by atoms with Gasteiger partial charge in [0.1, 0.15) is 0 Å². The van der Waals surface area contributed by atoms with Crippen LogP contribution in [0, 0.1) is 5.92 Å². The topological polar surface area (TPSA) is 44.4 Å². The van der Waals surface area contributed by atoms with Crippen molar-refractivity contribution in [1.29, 1.82) is 0 Å². The van der Waals surface area contributed by atoms with Crippen molar-refractivity contribution in [2.24, 2.45) is 5.92 Å². The van der Waals surface area contributed by atoms with Crippen LogP contribution in [0.5, 0.6) is 0 Å². The number of amides is 1. The highest BCUT2D eigenvalue weighted by Gasteiger charge is 2.22. The van der Waals surface area contributed by atoms with Crippen molar-refractivity contribution in [1.82, 2.24) is 5.32 Å². The molecule has 1 aromatic carbocycles. The smallest absolute Gasteiger partial charge is 0.242 e. The SMILES string of the molecule is CC1CCN(c2ccc(NC(=O)C3CSCN3)cc2)CC1.